The molecule has 0 aromatic heterocycles. The zero-order chi connectivity index (χ0) is 40.2. The number of hydrogen-bond donors (Lipinski definition) is 0. The van der Waals surface area contributed by atoms with Crippen LogP contribution < -0.4 is 0 Å². The Bertz CT molecular complexity index is 1390. The fourth-order valence-electron chi connectivity index (χ4n) is 10.3. The molecule has 1 unspecified atom stereocenters. The Morgan fingerprint density at radius 3 is 1.85 bits per heavy atom. The van der Waals surface area contributed by atoms with E-state index >= 15 is 0 Å². The number of esters is 4. The average Bonchev–Trinajstić information content (AvgIpc) is 3.49. The van der Waals surface area contributed by atoms with Crippen LogP contribution in [0.1, 0.15) is 138 Å². The predicted octanol–water partition coefficient (Wildman–Crippen LogP) is 8.14. The molecule has 0 N–H and O–H groups in total. The van der Waals surface area contributed by atoms with Crippen molar-refractivity contribution in [2.45, 2.75) is 156 Å². The third-order valence-electron chi connectivity index (χ3n) is 13.0. The molecule has 0 bridgehead atoms. The Hall–Kier alpha value is -3.70. The van der Waals surface area contributed by atoms with Crippen molar-refractivity contribution in [1.29, 1.82) is 0 Å². The van der Waals surface area contributed by atoms with Gasteiger partial charge in [0.1, 0.15) is 25.1 Å². The summed E-state index contributed by atoms with van der Waals surface area (Å²) < 4.78 is 31.9. The Labute approximate surface area is 326 Å². The molecule has 308 valence electrons. The third kappa shape index (κ3) is 11.9. The molecule has 4 saturated carbocycles. The molecule has 0 aromatic rings. The number of carbonyl (C=O) groups excluding carboxylic acids is 6. The zero-order valence-electron chi connectivity index (χ0n) is 33.8. The molecule has 4 rings (SSSR count). The summed E-state index contributed by atoms with van der Waals surface area (Å²) in [5.74, 6) is 0.219. The number of ketones is 1. The summed E-state index contributed by atoms with van der Waals surface area (Å²) in [6.45, 7) is 11.2. The summed E-state index contributed by atoms with van der Waals surface area (Å²) in [4.78, 5) is 74.5. The highest BCUT2D eigenvalue weighted by Crippen LogP contribution is 2.67. The standard InChI is InChI=1S/C43H64O12/c1-7-9-11-13-37(45)50-26-32(27-51-38(46)14-12-10-8-2)54-40(48)20-19-39(47)52-29(4)53-41(49)55-31-21-23-42(5)30(25-31)15-16-33-35-18-17-34(28(3)44)43(35,6)24-22-36(33)42/h9-12,29-36H,7-8,13-27H2,1-6H3/b11-9-,12-10-/t29?,30-,31+,33-,34+,35-,36-,42-,43+/m0/s1. The fraction of sp³-hybridized carbons (Fsp3) is 0.767. The topological polar surface area (TPSA) is 158 Å². The van der Waals surface area contributed by atoms with Crippen LogP contribution in [0.4, 0.5) is 4.79 Å². The zero-order valence-corrected chi connectivity index (χ0v) is 33.8. The minimum atomic E-state index is -1.24. The predicted molar refractivity (Wildman–Crippen MR) is 202 cm³/mol. The van der Waals surface area contributed by atoms with Crippen LogP contribution in [0.15, 0.2) is 24.3 Å². The molecule has 12 heteroatoms. The van der Waals surface area contributed by atoms with Crippen LogP contribution >= 0.6 is 0 Å². The Balaban J connectivity index is 1.18. The van der Waals surface area contributed by atoms with Crippen molar-refractivity contribution in [1.82, 2.24) is 0 Å². The maximum atomic E-state index is 12.8. The van der Waals surface area contributed by atoms with Crippen LogP contribution in [0.5, 0.6) is 0 Å². The first-order chi connectivity index (χ1) is 26.2. The molecule has 0 spiro atoms. The lowest BCUT2D eigenvalue weighted by Gasteiger charge is -2.61. The van der Waals surface area contributed by atoms with Crippen molar-refractivity contribution in [3.63, 3.8) is 0 Å². The number of allylic oxidation sites excluding steroid dienone is 2. The number of Topliss-reactive ketones (excluding diaryl/α,β-unsaturated/α-hetero) is 1. The molecular weight excluding hydrogens is 708 g/mol. The van der Waals surface area contributed by atoms with Gasteiger partial charge in [0.15, 0.2) is 6.10 Å². The van der Waals surface area contributed by atoms with Gasteiger partial charge in [0.05, 0.1) is 25.7 Å². The van der Waals surface area contributed by atoms with E-state index in [0.717, 1.165) is 70.6 Å². The molecule has 4 fully saturated rings. The maximum Gasteiger partial charge on any atom is 0.511 e. The van der Waals surface area contributed by atoms with E-state index in [1.165, 1.54) is 6.92 Å². The van der Waals surface area contributed by atoms with Gasteiger partial charge in [0.2, 0.25) is 6.29 Å². The van der Waals surface area contributed by atoms with Crippen LogP contribution in [0.3, 0.4) is 0 Å². The van der Waals surface area contributed by atoms with E-state index in [9.17, 15) is 28.8 Å². The van der Waals surface area contributed by atoms with E-state index in [1.807, 2.05) is 26.0 Å². The van der Waals surface area contributed by atoms with Gasteiger partial charge in [-0.2, -0.15) is 0 Å². The van der Waals surface area contributed by atoms with Gasteiger partial charge in [0.25, 0.3) is 0 Å². The van der Waals surface area contributed by atoms with E-state index in [1.54, 1.807) is 19.1 Å². The van der Waals surface area contributed by atoms with Crippen molar-refractivity contribution in [2.24, 2.45) is 40.4 Å². The molecule has 0 amide bonds. The van der Waals surface area contributed by atoms with Crippen molar-refractivity contribution < 1.29 is 57.2 Å². The maximum absolute atomic E-state index is 12.8. The number of carbonyl (C=O) groups is 6. The first-order valence-electron chi connectivity index (χ1n) is 20.6. The summed E-state index contributed by atoms with van der Waals surface area (Å²) in [6.07, 6.45) is 13.5. The van der Waals surface area contributed by atoms with E-state index in [2.05, 4.69) is 13.8 Å². The third-order valence-corrected chi connectivity index (χ3v) is 13.0. The number of rotatable bonds is 18. The first-order valence-corrected chi connectivity index (χ1v) is 20.6. The van der Waals surface area contributed by atoms with Gasteiger partial charge in [-0.1, -0.05) is 52.0 Å². The van der Waals surface area contributed by atoms with E-state index in [0.29, 0.717) is 29.5 Å². The van der Waals surface area contributed by atoms with Crippen molar-refractivity contribution >= 4 is 35.8 Å². The van der Waals surface area contributed by atoms with Gasteiger partial charge in [0, 0.05) is 12.8 Å². The molecule has 0 aliphatic heterocycles. The van der Waals surface area contributed by atoms with Gasteiger partial charge in [-0.15, -0.1) is 0 Å². The molecule has 12 nitrogen and oxygen atoms in total. The quantitative estimate of drug-likeness (QED) is 0.0571. The summed E-state index contributed by atoms with van der Waals surface area (Å²) in [6, 6.07) is 0. The summed E-state index contributed by atoms with van der Waals surface area (Å²) >= 11 is 0. The van der Waals surface area contributed by atoms with Crippen molar-refractivity contribution in [3.05, 3.63) is 24.3 Å². The molecule has 0 aromatic carbocycles. The second kappa shape index (κ2) is 20.5. The molecule has 4 aliphatic carbocycles. The smallest absolute Gasteiger partial charge is 0.461 e. The van der Waals surface area contributed by atoms with E-state index < -0.39 is 42.4 Å². The molecule has 55 heavy (non-hydrogen) atoms. The number of fused-ring (bicyclic) bond motifs is 5. The van der Waals surface area contributed by atoms with Gasteiger partial charge in [-0.25, -0.2) is 4.79 Å². The largest absolute Gasteiger partial charge is 0.511 e. The molecule has 0 heterocycles. The minimum absolute atomic E-state index is 0.0438. The number of ether oxygens (including phenoxy) is 6. The molecule has 0 saturated heterocycles. The summed E-state index contributed by atoms with van der Waals surface area (Å²) in [5.41, 5.74) is 0.304. The van der Waals surface area contributed by atoms with Gasteiger partial charge in [-0.3, -0.25) is 24.0 Å². The van der Waals surface area contributed by atoms with Gasteiger partial charge in [-0.05, 0) is 112 Å². The lowest BCUT2D eigenvalue weighted by Crippen LogP contribution is -2.54. The normalized spacial score (nSPS) is 30.5. The fourth-order valence-corrected chi connectivity index (χ4v) is 10.3. The molecule has 4 aliphatic rings. The molecule has 9 atom stereocenters. The highest BCUT2D eigenvalue weighted by molar-refractivity contribution is 5.79. The number of hydrogen-bond acceptors (Lipinski definition) is 12. The Kier molecular flexibility index (Phi) is 16.4. The highest BCUT2D eigenvalue weighted by Gasteiger charge is 2.61. The van der Waals surface area contributed by atoms with Crippen molar-refractivity contribution in [2.75, 3.05) is 13.2 Å². The lowest BCUT2D eigenvalue weighted by atomic mass is 9.44. The van der Waals surface area contributed by atoms with Crippen LogP contribution in [0, 0.1) is 40.4 Å². The van der Waals surface area contributed by atoms with Gasteiger partial charge < -0.3 is 28.4 Å². The van der Waals surface area contributed by atoms with Crippen LogP contribution in [0.25, 0.3) is 0 Å². The molecule has 0 radical (unpaired) electrons. The minimum Gasteiger partial charge on any atom is -0.461 e. The van der Waals surface area contributed by atoms with Gasteiger partial charge >= 0.3 is 30.0 Å². The Morgan fingerprint density at radius 1 is 0.673 bits per heavy atom. The average molecular weight is 773 g/mol. The lowest BCUT2D eigenvalue weighted by molar-refractivity contribution is -0.174. The van der Waals surface area contributed by atoms with E-state index in [4.69, 9.17) is 28.4 Å². The van der Waals surface area contributed by atoms with Crippen LogP contribution in [-0.2, 0) is 52.4 Å². The first kappa shape index (κ1) is 44.0. The SMILES string of the molecule is CC/C=C\CC(=O)OCC(COC(=O)C/C=C\CC)OC(=O)CCC(=O)OC(C)OC(=O)O[C@@H]1CC[C@@]2(C)[C@@H](CC[C@@H]3[C@@H]2CC[C@]2(C)[C@@H](C(C)=O)CC[C@@H]32)C1. The van der Waals surface area contributed by atoms with Crippen LogP contribution in [-0.4, -0.2) is 67.5 Å². The van der Waals surface area contributed by atoms with Crippen molar-refractivity contribution in [3.8, 4) is 0 Å². The van der Waals surface area contributed by atoms with E-state index in [-0.39, 0.29) is 61.7 Å². The molecular formula is C43H64O12. The second-order valence-corrected chi connectivity index (χ2v) is 16.5. The monoisotopic (exact) mass is 772 g/mol. The summed E-state index contributed by atoms with van der Waals surface area (Å²) in [5, 5.41) is 0. The highest BCUT2D eigenvalue weighted by atomic mass is 16.8. The second-order valence-electron chi connectivity index (χ2n) is 16.5. The Morgan fingerprint density at radius 2 is 1.25 bits per heavy atom. The summed E-state index contributed by atoms with van der Waals surface area (Å²) in [7, 11) is 0. The van der Waals surface area contributed by atoms with Crippen LogP contribution in [0.2, 0.25) is 0 Å².